The van der Waals surface area contributed by atoms with Crippen molar-refractivity contribution < 1.29 is 43.1 Å². The van der Waals surface area contributed by atoms with E-state index in [1.807, 2.05) is 30.3 Å². The highest BCUT2D eigenvalue weighted by molar-refractivity contribution is 7.20. The maximum Gasteiger partial charge on any atom is 0.303 e. The Balaban J connectivity index is 1.31. The maximum absolute atomic E-state index is 12.9. The Morgan fingerprint density at radius 1 is 0.750 bits per heavy atom. The molecule has 1 N–H and O–H groups in total. The molecule has 0 radical (unpaired) electrons. The Morgan fingerprint density at radius 3 is 2.00 bits per heavy atom. The quantitative estimate of drug-likeness (QED) is 0.115. The second-order valence-electron chi connectivity index (χ2n) is 10.1. The fourth-order valence-corrected chi connectivity index (χ4v) is 6.61. The number of ether oxygens (including phenoxy) is 6. The van der Waals surface area contributed by atoms with Crippen molar-refractivity contribution in [3.63, 3.8) is 0 Å². The van der Waals surface area contributed by atoms with Crippen molar-refractivity contribution in [3.8, 4) is 23.0 Å². The lowest BCUT2D eigenvalue weighted by Crippen LogP contribution is -2.27. The Morgan fingerprint density at radius 2 is 1.39 bits per heavy atom. The van der Waals surface area contributed by atoms with Gasteiger partial charge in [-0.15, -0.1) is 22.7 Å². The summed E-state index contributed by atoms with van der Waals surface area (Å²) in [6, 6.07) is 11.7. The number of carboxylic acids is 1. The number of thiophene rings is 2. The van der Waals surface area contributed by atoms with Crippen LogP contribution in [0.4, 0.5) is 0 Å². The fourth-order valence-electron chi connectivity index (χ4n) is 4.53. The third kappa shape index (κ3) is 8.98. The van der Waals surface area contributed by atoms with E-state index >= 15 is 0 Å². The third-order valence-electron chi connectivity index (χ3n) is 6.78. The van der Waals surface area contributed by atoms with Crippen molar-refractivity contribution in [1.82, 2.24) is 4.90 Å². The highest BCUT2D eigenvalue weighted by atomic mass is 32.1. The zero-order valence-corrected chi connectivity index (χ0v) is 27.1. The topological polar surface area (TPSA) is 113 Å². The van der Waals surface area contributed by atoms with E-state index in [0.29, 0.717) is 80.3 Å². The normalized spacial score (nSPS) is 11.2. The number of carbonyl (C=O) groups is 2. The van der Waals surface area contributed by atoms with Crippen molar-refractivity contribution in [3.05, 3.63) is 46.2 Å². The molecule has 238 valence electrons. The summed E-state index contributed by atoms with van der Waals surface area (Å²) in [7, 11) is 6.67. The molecule has 0 atom stereocenters. The number of nitrogens with zero attached hydrogens (tertiary/aromatic N) is 1. The number of aliphatic carboxylic acids is 1. The van der Waals surface area contributed by atoms with Gasteiger partial charge in [0.05, 0.1) is 38.9 Å². The van der Waals surface area contributed by atoms with Crippen LogP contribution in [-0.4, -0.2) is 83.2 Å². The van der Waals surface area contributed by atoms with Crippen LogP contribution in [0.1, 0.15) is 40.2 Å². The Bertz CT molecular complexity index is 1550. The van der Waals surface area contributed by atoms with Gasteiger partial charge < -0.3 is 38.4 Å². The van der Waals surface area contributed by atoms with Crippen LogP contribution < -0.4 is 18.9 Å². The average molecular weight is 646 g/mol. The largest absolute Gasteiger partial charge is 0.493 e. The van der Waals surface area contributed by atoms with Gasteiger partial charge in [-0.2, -0.15) is 0 Å². The van der Waals surface area contributed by atoms with E-state index in [2.05, 4.69) is 6.07 Å². The second kappa shape index (κ2) is 16.5. The molecule has 0 saturated heterocycles. The van der Waals surface area contributed by atoms with Gasteiger partial charge in [0, 0.05) is 73.2 Å². The Labute approximate surface area is 265 Å². The molecule has 0 bridgehead atoms. The molecule has 0 unspecified atom stereocenters. The van der Waals surface area contributed by atoms with Crippen molar-refractivity contribution in [2.45, 2.75) is 32.3 Å². The number of rotatable bonds is 19. The van der Waals surface area contributed by atoms with E-state index < -0.39 is 5.97 Å². The molecular weight excluding hydrogens is 606 g/mol. The van der Waals surface area contributed by atoms with Gasteiger partial charge in [-0.25, -0.2) is 0 Å². The first-order valence-corrected chi connectivity index (χ1v) is 16.0. The molecule has 2 aromatic carbocycles. The van der Waals surface area contributed by atoms with E-state index in [0.717, 1.165) is 31.5 Å². The number of hydrogen-bond donors (Lipinski definition) is 1. The number of fused-ring (bicyclic) bond motifs is 2. The van der Waals surface area contributed by atoms with Crippen LogP contribution in [0.5, 0.6) is 23.0 Å². The fraction of sp³-hybridized carbons (Fsp3) is 0.438. The molecule has 2 aromatic heterocycles. The number of benzene rings is 2. The summed E-state index contributed by atoms with van der Waals surface area (Å²) in [5.74, 6) is 1.68. The summed E-state index contributed by atoms with van der Waals surface area (Å²) in [5, 5.41) is 10.7. The summed E-state index contributed by atoms with van der Waals surface area (Å²) in [6.07, 6.45) is 2.00. The number of methoxy groups -OCH3 is 3. The lowest BCUT2D eigenvalue weighted by Gasteiger charge is -2.15. The molecule has 4 aromatic rings. The number of carbonyl (C=O) groups excluding carboxylic acids is 1. The Kier molecular flexibility index (Phi) is 12.5. The standard InChI is InChI=1S/C32H39NO9S2/c1-33(9-6-10-37-2)32(36)30-17-22-16-25(39-4)27(19-29(22)44-30)42-13-7-12-41-26-18-28-21(15-24(26)38-3)14-23(43-28)20-40-11-5-8-31(34)35/h14-19H,5-13,20H2,1-4H3,(H,34,35). The van der Waals surface area contributed by atoms with Gasteiger partial charge in [-0.3, -0.25) is 9.59 Å². The molecule has 12 heteroatoms. The van der Waals surface area contributed by atoms with Crippen molar-refractivity contribution in [2.24, 2.45) is 0 Å². The van der Waals surface area contributed by atoms with Gasteiger partial charge >= 0.3 is 5.97 Å². The molecule has 0 spiro atoms. The minimum Gasteiger partial charge on any atom is -0.493 e. The molecule has 4 rings (SSSR count). The Hall–Kier alpha value is -3.58. The van der Waals surface area contributed by atoms with E-state index in [9.17, 15) is 9.59 Å². The van der Waals surface area contributed by atoms with Crippen LogP contribution in [-0.2, 0) is 20.9 Å². The van der Waals surface area contributed by atoms with Gasteiger partial charge in [0.2, 0.25) is 0 Å². The van der Waals surface area contributed by atoms with E-state index in [4.69, 9.17) is 33.5 Å². The molecule has 0 aliphatic rings. The lowest BCUT2D eigenvalue weighted by atomic mass is 10.2. The average Bonchev–Trinajstić information content (AvgIpc) is 3.62. The van der Waals surface area contributed by atoms with Gasteiger partial charge in [0.25, 0.3) is 5.91 Å². The molecule has 0 fully saturated rings. The molecular formula is C32H39NO9S2. The summed E-state index contributed by atoms with van der Waals surface area (Å²) < 4.78 is 36.0. The van der Waals surface area contributed by atoms with Gasteiger partial charge in [-0.1, -0.05) is 0 Å². The zero-order chi connectivity index (χ0) is 31.5. The van der Waals surface area contributed by atoms with E-state index in [1.54, 1.807) is 44.6 Å². The van der Waals surface area contributed by atoms with Gasteiger partial charge in [-0.05, 0) is 47.9 Å². The maximum atomic E-state index is 12.9. The predicted molar refractivity (Wildman–Crippen MR) is 172 cm³/mol. The highest BCUT2D eigenvalue weighted by Gasteiger charge is 2.17. The van der Waals surface area contributed by atoms with E-state index in [-0.39, 0.29) is 12.3 Å². The number of hydrogen-bond acceptors (Lipinski definition) is 10. The molecule has 0 saturated carbocycles. The SMILES string of the molecule is COCCCN(C)C(=O)c1cc2cc(OC)c(OCCCOc3cc4sc(COCCCC(=O)O)cc4cc3OC)cc2s1. The summed E-state index contributed by atoms with van der Waals surface area (Å²) in [5.41, 5.74) is 0. The molecule has 1 amide bonds. The van der Waals surface area contributed by atoms with E-state index in [1.165, 1.54) is 11.3 Å². The molecule has 0 aliphatic heterocycles. The van der Waals surface area contributed by atoms with Crippen molar-refractivity contribution in [2.75, 3.05) is 61.3 Å². The monoisotopic (exact) mass is 645 g/mol. The van der Waals surface area contributed by atoms with Crippen LogP contribution in [0.2, 0.25) is 0 Å². The zero-order valence-electron chi connectivity index (χ0n) is 25.5. The third-order valence-corrected chi connectivity index (χ3v) is 8.94. The minimum absolute atomic E-state index is 0.0189. The summed E-state index contributed by atoms with van der Waals surface area (Å²) >= 11 is 3.04. The highest BCUT2D eigenvalue weighted by Crippen LogP contribution is 2.38. The van der Waals surface area contributed by atoms with Crippen LogP contribution in [0.3, 0.4) is 0 Å². The van der Waals surface area contributed by atoms with Crippen LogP contribution in [0, 0.1) is 0 Å². The number of amides is 1. The predicted octanol–water partition coefficient (Wildman–Crippen LogP) is 6.47. The first-order valence-electron chi connectivity index (χ1n) is 14.3. The molecule has 10 nitrogen and oxygen atoms in total. The van der Waals surface area contributed by atoms with Gasteiger partial charge in [0.1, 0.15) is 0 Å². The second-order valence-corrected chi connectivity index (χ2v) is 12.3. The molecule has 0 aliphatic carbocycles. The number of carboxylic acid groups (broad SMARTS) is 1. The van der Waals surface area contributed by atoms with Gasteiger partial charge in [0.15, 0.2) is 23.0 Å². The summed E-state index contributed by atoms with van der Waals surface area (Å²) in [6.45, 7) is 2.90. The first-order chi connectivity index (χ1) is 21.3. The lowest BCUT2D eigenvalue weighted by molar-refractivity contribution is -0.137. The van der Waals surface area contributed by atoms with Crippen molar-refractivity contribution in [1.29, 1.82) is 0 Å². The summed E-state index contributed by atoms with van der Waals surface area (Å²) in [4.78, 5) is 27.0. The molecule has 44 heavy (non-hydrogen) atoms. The van der Waals surface area contributed by atoms with Crippen LogP contribution >= 0.6 is 22.7 Å². The van der Waals surface area contributed by atoms with Crippen molar-refractivity contribution >= 4 is 54.7 Å². The minimum atomic E-state index is -0.817. The van der Waals surface area contributed by atoms with Crippen LogP contribution in [0.15, 0.2) is 36.4 Å². The first kappa shape index (κ1) is 33.3. The molecule has 2 heterocycles. The smallest absolute Gasteiger partial charge is 0.303 e. The van der Waals surface area contributed by atoms with Crippen LogP contribution in [0.25, 0.3) is 20.2 Å².